The van der Waals surface area contributed by atoms with Crippen LogP contribution in [0.3, 0.4) is 0 Å². The second kappa shape index (κ2) is 5.31. The van der Waals surface area contributed by atoms with Gasteiger partial charge in [0.25, 0.3) is 5.91 Å². The molecule has 0 bridgehead atoms. The van der Waals surface area contributed by atoms with E-state index in [2.05, 4.69) is 0 Å². The molecule has 1 amide bonds. The summed E-state index contributed by atoms with van der Waals surface area (Å²) < 4.78 is 5.07. The Kier molecular flexibility index (Phi) is 4.06. The standard InChI is InChI=1S/C11H14N2O4/c1-13(10(14)9(12)11(15)16)7-5-3-4-6-8(7)17-2/h3-6,9H,12H2,1-2H3,(H,15,16). The van der Waals surface area contributed by atoms with Gasteiger partial charge in [0.2, 0.25) is 0 Å². The molecule has 3 N–H and O–H groups in total. The lowest BCUT2D eigenvalue weighted by atomic mass is 10.2. The van der Waals surface area contributed by atoms with Crippen LogP contribution in [0.4, 0.5) is 5.69 Å². The molecule has 6 heteroatoms. The molecular weight excluding hydrogens is 224 g/mol. The average molecular weight is 238 g/mol. The Morgan fingerprint density at radius 2 is 2.00 bits per heavy atom. The first-order valence-electron chi connectivity index (χ1n) is 4.88. The van der Waals surface area contributed by atoms with Crippen molar-refractivity contribution in [3.8, 4) is 5.75 Å². The Hall–Kier alpha value is -2.08. The van der Waals surface area contributed by atoms with Crippen LogP contribution in [-0.2, 0) is 9.59 Å². The molecule has 92 valence electrons. The van der Waals surface area contributed by atoms with Gasteiger partial charge >= 0.3 is 5.97 Å². The lowest BCUT2D eigenvalue weighted by molar-refractivity contribution is -0.142. The molecule has 17 heavy (non-hydrogen) atoms. The van der Waals surface area contributed by atoms with Gasteiger partial charge in [0.15, 0.2) is 6.04 Å². The van der Waals surface area contributed by atoms with Crippen molar-refractivity contribution in [1.82, 2.24) is 0 Å². The summed E-state index contributed by atoms with van der Waals surface area (Å²) in [6.07, 6.45) is 0. The van der Waals surface area contributed by atoms with Gasteiger partial charge in [0, 0.05) is 7.05 Å². The summed E-state index contributed by atoms with van der Waals surface area (Å²) in [6.45, 7) is 0. The SMILES string of the molecule is COc1ccccc1N(C)C(=O)C(N)C(=O)O. The van der Waals surface area contributed by atoms with Crippen molar-refractivity contribution in [2.45, 2.75) is 6.04 Å². The summed E-state index contributed by atoms with van der Waals surface area (Å²) in [6, 6.07) is 5.20. The Morgan fingerprint density at radius 3 is 2.53 bits per heavy atom. The molecule has 1 aromatic carbocycles. The molecule has 0 spiro atoms. The van der Waals surface area contributed by atoms with Gasteiger partial charge in [-0.3, -0.25) is 4.79 Å². The maximum atomic E-state index is 11.7. The first-order chi connectivity index (χ1) is 7.99. The minimum absolute atomic E-state index is 0.469. The van der Waals surface area contributed by atoms with E-state index in [4.69, 9.17) is 15.6 Å². The largest absolute Gasteiger partial charge is 0.495 e. The summed E-state index contributed by atoms with van der Waals surface area (Å²) in [5.41, 5.74) is 5.73. The molecular formula is C11H14N2O4. The smallest absolute Gasteiger partial charge is 0.330 e. The van der Waals surface area contributed by atoms with E-state index in [1.807, 2.05) is 0 Å². The highest BCUT2D eigenvalue weighted by atomic mass is 16.5. The highest BCUT2D eigenvalue weighted by molar-refractivity contribution is 6.09. The number of carboxylic acids is 1. The highest BCUT2D eigenvalue weighted by Crippen LogP contribution is 2.26. The number of rotatable bonds is 4. The van der Waals surface area contributed by atoms with Crippen molar-refractivity contribution in [1.29, 1.82) is 0 Å². The fourth-order valence-electron chi connectivity index (χ4n) is 1.34. The number of anilines is 1. The molecule has 6 nitrogen and oxygen atoms in total. The normalized spacial score (nSPS) is 11.7. The van der Waals surface area contributed by atoms with Gasteiger partial charge in [-0.1, -0.05) is 12.1 Å². The number of amides is 1. The van der Waals surface area contributed by atoms with Crippen molar-refractivity contribution in [2.24, 2.45) is 5.73 Å². The van der Waals surface area contributed by atoms with Crippen LogP contribution in [0.2, 0.25) is 0 Å². The fourth-order valence-corrected chi connectivity index (χ4v) is 1.34. The Balaban J connectivity index is 3.00. The number of aliphatic carboxylic acids is 1. The molecule has 1 rings (SSSR count). The number of nitrogens with two attached hydrogens (primary N) is 1. The number of benzene rings is 1. The van der Waals surface area contributed by atoms with E-state index in [-0.39, 0.29) is 0 Å². The van der Waals surface area contributed by atoms with Gasteiger partial charge in [-0.2, -0.15) is 0 Å². The zero-order valence-electron chi connectivity index (χ0n) is 9.58. The second-order valence-electron chi connectivity index (χ2n) is 3.39. The first-order valence-corrected chi connectivity index (χ1v) is 4.88. The number of methoxy groups -OCH3 is 1. The Morgan fingerprint density at radius 1 is 1.41 bits per heavy atom. The molecule has 0 heterocycles. The van der Waals surface area contributed by atoms with E-state index in [9.17, 15) is 9.59 Å². The van der Waals surface area contributed by atoms with Crippen molar-refractivity contribution < 1.29 is 19.4 Å². The van der Waals surface area contributed by atoms with Crippen LogP contribution in [0.1, 0.15) is 0 Å². The number of ether oxygens (including phenoxy) is 1. The molecule has 0 aromatic heterocycles. The van der Waals surface area contributed by atoms with Crippen LogP contribution < -0.4 is 15.4 Å². The number of hydrogen-bond donors (Lipinski definition) is 2. The summed E-state index contributed by atoms with van der Waals surface area (Å²) in [7, 11) is 2.91. The van der Waals surface area contributed by atoms with Gasteiger partial charge in [0.05, 0.1) is 12.8 Å². The van der Waals surface area contributed by atoms with Gasteiger partial charge in [-0.25, -0.2) is 4.79 Å². The predicted molar refractivity (Wildman–Crippen MR) is 62.0 cm³/mol. The second-order valence-corrected chi connectivity index (χ2v) is 3.39. The number of nitrogens with zero attached hydrogens (tertiary/aromatic N) is 1. The maximum Gasteiger partial charge on any atom is 0.330 e. The van der Waals surface area contributed by atoms with E-state index in [1.165, 1.54) is 14.2 Å². The van der Waals surface area contributed by atoms with E-state index >= 15 is 0 Å². The van der Waals surface area contributed by atoms with Crippen LogP contribution in [0.5, 0.6) is 5.75 Å². The molecule has 0 aliphatic rings. The number of carboxylic acid groups (broad SMARTS) is 1. The Bertz CT molecular complexity index is 433. The minimum Gasteiger partial charge on any atom is -0.495 e. The third-order valence-electron chi connectivity index (χ3n) is 2.31. The molecule has 1 atom stereocenters. The maximum absolute atomic E-state index is 11.7. The molecule has 1 aromatic rings. The van der Waals surface area contributed by atoms with Crippen LogP contribution in [0.25, 0.3) is 0 Å². The van der Waals surface area contributed by atoms with Gasteiger partial charge < -0.3 is 20.5 Å². The van der Waals surface area contributed by atoms with Crippen molar-refractivity contribution in [2.75, 3.05) is 19.1 Å². The molecule has 0 saturated heterocycles. The molecule has 0 fully saturated rings. The van der Waals surface area contributed by atoms with Crippen molar-refractivity contribution in [3.63, 3.8) is 0 Å². The number of carbonyl (C=O) groups excluding carboxylic acids is 1. The molecule has 0 radical (unpaired) electrons. The predicted octanol–water partition coefficient (Wildman–Crippen LogP) is 0.0699. The fraction of sp³-hybridized carbons (Fsp3) is 0.273. The zero-order chi connectivity index (χ0) is 13.0. The van der Waals surface area contributed by atoms with E-state index in [1.54, 1.807) is 24.3 Å². The third kappa shape index (κ3) is 2.73. The molecule has 0 saturated carbocycles. The number of hydrogen-bond acceptors (Lipinski definition) is 4. The zero-order valence-corrected chi connectivity index (χ0v) is 9.58. The Labute approximate surface area is 98.6 Å². The van der Waals surface area contributed by atoms with Crippen LogP contribution in [-0.4, -0.2) is 37.2 Å². The number of para-hydroxylation sites is 2. The van der Waals surface area contributed by atoms with Gasteiger partial charge in [-0.05, 0) is 12.1 Å². The summed E-state index contributed by atoms with van der Waals surface area (Å²) in [4.78, 5) is 23.5. The third-order valence-corrected chi connectivity index (χ3v) is 2.31. The summed E-state index contributed by atoms with van der Waals surface area (Å²) in [5.74, 6) is -1.60. The van der Waals surface area contributed by atoms with Crippen LogP contribution >= 0.6 is 0 Å². The first kappa shape index (κ1) is 13.0. The van der Waals surface area contributed by atoms with Gasteiger partial charge in [-0.15, -0.1) is 0 Å². The quantitative estimate of drug-likeness (QED) is 0.724. The van der Waals surface area contributed by atoms with Gasteiger partial charge in [0.1, 0.15) is 5.75 Å². The minimum atomic E-state index is -1.58. The van der Waals surface area contributed by atoms with E-state index < -0.39 is 17.9 Å². The van der Waals surface area contributed by atoms with Crippen molar-refractivity contribution >= 4 is 17.6 Å². The van der Waals surface area contributed by atoms with Crippen LogP contribution in [0.15, 0.2) is 24.3 Å². The molecule has 0 aliphatic heterocycles. The highest BCUT2D eigenvalue weighted by Gasteiger charge is 2.26. The topological polar surface area (TPSA) is 92.9 Å². The van der Waals surface area contributed by atoms with Crippen molar-refractivity contribution in [3.05, 3.63) is 24.3 Å². The van der Waals surface area contributed by atoms with E-state index in [0.29, 0.717) is 11.4 Å². The van der Waals surface area contributed by atoms with Crippen LogP contribution in [0, 0.1) is 0 Å². The molecule has 0 aliphatic carbocycles. The average Bonchev–Trinajstić information content (AvgIpc) is 2.35. The number of carbonyl (C=O) groups is 2. The summed E-state index contributed by atoms with van der Waals surface area (Å²) >= 11 is 0. The lowest BCUT2D eigenvalue weighted by Crippen LogP contribution is -2.47. The monoisotopic (exact) mass is 238 g/mol. The lowest BCUT2D eigenvalue weighted by Gasteiger charge is -2.21. The molecule has 1 unspecified atom stereocenters. The summed E-state index contributed by atoms with van der Waals surface area (Å²) in [5, 5.41) is 8.67. The number of likely N-dealkylation sites (N-methyl/N-ethyl adjacent to an activating group) is 1. The van der Waals surface area contributed by atoms with E-state index in [0.717, 1.165) is 4.90 Å².